The number of hydrogen-bond acceptors (Lipinski definition) is 3. The van der Waals surface area contributed by atoms with Crippen molar-refractivity contribution >= 4 is 5.91 Å². The van der Waals surface area contributed by atoms with E-state index in [1.54, 1.807) is 0 Å². The Labute approximate surface area is 95.2 Å². The molecule has 0 bridgehead atoms. The van der Waals surface area contributed by atoms with Crippen molar-refractivity contribution in [3.63, 3.8) is 0 Å². The maximum atomic E-state index is 13.1. The minimum absolute atomic E-state index is 0.00118. The number of hydrogen-bond donors (Lipinski definition) is 1. The fourth-order valence-corrected chi connectivity index (χ4v) is 1.84. The van der Waals surface area contributed by atoms with E-state index < -0.39 is 18.3 Å². The molecule has 0 aromatic rings. The molecule has 4 nitrogen and oxygen atoms in total. The first-order chi connectivity index (χ1) is 7.51. The summed E-state index contributed by atoms with van der Waals surface area (Å²) < 4.78 is 13.1. The van der Waals surface area contributed by atoms with Crippen LogP contribution in [0.3, 0.4) is 0 Å². The highest BCUT2D eigenvalue weighted by molar-refractivity contribution is 5.83. The molecular weight excluding hydrogens is 209 g/mol. The predicted molar refractivity (Wildman–Crippen MR) is 58.1 cm³/mol. The second kappa shape index (κ2) is 5.26. The standard InChI is InChI=1S/C11H18FN3O/c1-3-7(2)10(14)11(16)15-6-8(12)4-9(15)5-13/h7-10H,3-4,6,14H2,1-2H3/t7?,8?,9-,10-/m0/s1. The van der Waals surface area contributed by atoms with E-state index in [1.165, 1.54) is 4.90 Å². The minimum Gasteiger partial charge on any atom is -0.322 e. The molecule has 4 atom stereocenters. The summed E-state index contributed by atoms with van der Waals surface area (Å²) in [5.74, 6) is -0.258. The lowest BCUT2D eigenvalue weighted by Gasteiger charge is -2.25. The molecule has 1 aliphatic rings. The van der Waals surface area contributed by atoms with E-state index in [2.05, 4.69) is 0 Å². The third-order valence-corrected chi connectivity index (χ3v) is 3.22. The first kappa shape index (κ1) is 12.9. The number of nitrogens with two attached hydrogens (primary N) is 1. The van der Waals surface area contributed by atoms with Gasteiger partial charge >= 0.3 is 0 Å². The lowest BCUT2D eigenvalue weighted by molar-refractivity contribution is -0.133. The molecule has 2 N–H and O–H groups in total. The van der Waals surface area contributed by atoms with E-state index in [0.29, 0.717) is 0 Å². The van der Waals surface area contributed by atoms with Crippen LogP contribution >= 0.6 is 0 Å². The number of rotatable bonds is 3. The van der Waals surface area contributed by atoms with Crippen molar-refractivity contribution in [2.24, 2.45) is 11.7 Å². The van der Waals surface area contributed by atoms with Crippen molar-refractivity contribution in [3.05, 3.63) is 0 Å². The average molecular weight is 227 g/mol. The number of carbonyl (C=O) groups is 1. The molecule has 16 heavy (non-hydrogen) atoms. The van der Waals surface area contributed by atoms with E-state index in [0.717, 1.165) is 6.42 Å². The highest BCUT2D eigenvalue weighted by atomic mass is 19.1. The molecule has 0 spiro atoms. The molecule has 0 aromatic heterocycles. The van der Waals surface area contributed by atoms with Crippen molar-refractivity contribution in [2.45, 2.75) is 44.9 Å². The molecule has 0 aliphatic carbocycles. The van der Waals surface area contributed by atoms with Crippen molar-refractivity contribution in [1.82, 2.24) is 4.90 Å². The van der Waals surface area contributed by atoms with E-state index in [9.17, 15) is 9.18 Å². The van der Waals surface area contributed by atoms with Crippen molar-refractivity contribution < 1.29 is 9.18 Å². The lowest BCUT2D eigenvalue weighted by Crippen LogP contribution is -2.48. The highest BCUT2D eigenvalue weighted by Gasteiger charge is 2.38. The number of alkyl halides is 1. The van der Waals surface area contributed by atoms with Gasteiger partial charge in [0.1, 0.15) is 12.2 Å². The van der Waals surface area contributed by atoms with Gasteiger partial charge in [-0.1, -0.05) is 20.3 Å². The van der Waals surface area contributed by atoms with Gasteiger partial charge in [0, 0.05) is 6.42 Å². The van der Waals surface area contributed by atoms with Gasteiger partial charge < -0.3 is 10.6 Å². The maximum absolute atomic E-state index is 13.1. The van der Waals surface area contributed by atoms with Gasteiger partial charge in [0.2, 0.25) is 5.91 Å². The Bertz CT molecular complexity index is 302. The zero-order valence-electron chi connectivity index (χ0n) is 9.69. The number of likely N-dealkylation sites (tertiary alicyclic amines) is 1. The number of halogens is 1. The summed E-state index contributed by atoms with van der Waals surface area (Å²) in [5.41, 5.74) is 5.79. The normalized spacial score (nSPS) is 28.6. The smallest absolute Gasteiger partial charge is 0.240 e. The highest BCUT2D eigenvalue weighted by Crippen LogP contribution is 2.22. The van der Waals surface area contributed by atoms with E-state index in [1.807, 2.05) is 19.9 Å². The van der Waals surface area contributed by atoms with Crippen molar-refractivity contribution in [2.75, 3.05) is 6.54 Å². The Kier molecular flexibility index (Phi) is 4.25. The molecular formula is C11H18FN3O. The molecule has 1 aliphatic heterocycles. The fourth-order valence-electron chi connectivity index (χ4n) is 1.84. The first-order valence-electron chi connectivity index (χ1n) is 5.61. The van der Waals surface area contributed by atoms with Crippen LogP contribution in [0.25, 0.3) is 0 Å². The Hall–Kier alpha value is -1.15. The number of amides is 1. The number of carbonyl (C=O) groups excluding carboxylic acids is 1. The SMILES string of the molecule is CCC(C)[C@H](N)C(=O)N1CC(F)C[C@H]1C#N. The zero-order chi connectivity index (χ0) is 12.3. The molecule has 0 saturated carbocycles. The van der Waals surface area contributed by atoms with Gasteiger partial charge in [0.15, 0.2) is 0 Å². The maximum Gasteiger partial charge on any atom is 0.240 e. The van der Waals surface area contributed by atoms with E-state index in [4.69, 9.17) is 11.0 Å². The van der Waals surface area contributed by atoms with Crippen LogP contribution in [-0.4, -0.2) is 35.6 Å². The molecule has 0 radical (unpaired) electrons. The van der Waals surface area contributed by atoms with Gasteiger partial charge in [-0.15, -0.1) is 0 Å². The van der Waals surface area contributed by atoms with Crippen LogP contribution in [0, 0.1) is 17.2 Å². The third-order valence-electron chi connectivity index (χ3n) is 3.22. The summed E-state index contributed by atoms with van der Waals surface area (Å²) in [6.45, 7) is 3.83. The van der Waals surface area contributed by atoms with Gasteiger partial charge in [-0.05, 0) is 5.92 Å². The number of nitrogens with zero attached hydrogens (tertiary/aromatic N) is 2. The fraction of sp³-hybridized carbons (Fsp3) is 0.818. The van der Waals surface area contributed by atoms with Crippen LogP contribution in [0.4, 0.5) is 4.39 Å². The lowest BCUT2D eigenvalue weighted by atomic mass is 9.99. The van der Waals surface area contributed by atoms with Crippen LogP contribution in [0.1, 0.15) is 26.7 Å². The second-order valence-electron chi connectivity index (χ2n) is 4.38. The van der Waals surface area contributed by atoms with Crippen LogP contribution in [0.5, 0.6) is 0 Å². The molecule has 0 aromatic carbocycles. The predicted octanol–water partition coefficient (Wildman–Crippen LogP) is 0.822. The summed E-state index contributed by atoms with van der Waals surface area (Å²) in [7, 11) is 0. The Balaban J connectivity index is 2.70. The summed E-state index contributed by atoms with van der Waals surface area (Å²) in [6.07, 6.45) is -0.204. The van der Waals surface area contributed by atoms with E-state index >= 15 is 0 Å². The minimum atomic E-state index is -1.10. The van der Waals surface area contributed by atoms with Crippen LogP contribution in [0.2, 0.25) is 0 Å². The zero-order valence-corrected chi connectivity index (χ0v) is 9.69. The van der Waals surface area contributed by atoms with Crippen molar-refractivity contribution in [1.29, 1.82) is 5.26 Å². The topological polar surface area (TPSA) is 70.1 Å². The molecule has 1 saturated heterocycles. The quantitative estimate of drug-likeness (QED) is 0.776. The summed E-state index contributed by atoms with van der Waals surface area (Å²) in [5, 5.41) is 8.83. The van der Waals surface area contributed by atoms with Crippen LogP contribution < -0.4 is 5.73 Å². The van der Waals surface area contributed by atoms with Gasteiger partial charge in [0.05, 0.1) is 18.7 Å². The molecule has 1 fully saturated rings. The summed E-state index contributed by atoms with van der Waals surface area (Å²) in [4.78, 5) is 13.2. The third kappa shape index (κ3) is 2.50. The Morgan fingerprint density at radius 3 is 2.88 bits per heavy atom. The summed E-state index contributed by atoms with van der Waals surface area (Å²) >= 11 is 0. The molecule has 5 heteroatoms. The molecule has 1 amide bonds. The molecule has 2 unspecified atom stereocenters. The van der Waals surface area contributed by atoms with Gasteiger partial charge in [-0.25, -0.2) is 4.39 Å². The Morgan fingerprint density at radius 1 is 1.75 bits per heavy atom. The van der Waals surface area contributed by atoms with Crippen LogP contribution in [-0.2, 0) is 4.79 Å². The second-order valence-corrected chi connectivity index (χ2v) is 4.38. The monoisotopic (exact) mass is 227 g/mol. The molecule has 1 heterocycles. The Morgan fingerprint density at radius 2 is 2.38 bits per heavy atom. The largest absolute Gasteiger partial charge is 0.322 e. The molecule has 1 rings (SSSR count). The van der Waals surface area contributed by atoms with Crippen molar-refractivity contribution in [3.8, 4) is 6.07 Å². The molecule has 90 valence electrons. The van der Waals surface area contributed by atoms with Gasteiger partial charge in [-0.3, -0.25) is 4.79 Å². The van der Waals surface area contributed by atoms with Crippen LogP contribution in [0.15, 0.2) is 0 Å². The summed E-state index contributed by atoms with van der Waals surface area (Å²) in [6, 6.07) is 0.658. The number of nitriles is 1. The average Bonchev–Trinajstić information content (AvgIpc) is 2.67. The van der Waals surface area contributed by atoms with Gasteiger partial charge in [-0.2, -0.15) is 5.26 Å². The first-order valence-corrected chi connectivity index (χ1v) is 5.61. The van der Waals surface area contributed by atoms with Gasteiger partial charge in [0.25, 0.3) is 0 Å². The van der Waals surface area contributed by atoms with E-state index in [-0.39, 0.29) is 24.8 Å².